The quantitative estimate of drug-likeness (QED) is 0.862. The van der Waals surface area contributed by atoms with Gasteiger partial charge in [0, 0.05) is 18.6 Å². The lowest BCUT2D eigenvalue weighted by molar-refractivity contribution is -0.137. The Morgan fingerprint density at radius 3 is 2.05 bits per heavy atom. The van der Waals surface area contributed by atoms with Crippen molar-refractivity contribution in [2.24, 2.45) is 5.73 Å². The van der Waals surface area contributed by atoms with E-state index in [0.717, 1.165) is 30.7 Å². The van der Waals surface area contributed by atoms with Gasteiger partial charge in [0.25, 0.3) is 0 Å². The summed E-state index contributed by atoms with van der Waals surface area (Å²) >= 11 is 0. The van der Waals surface area contributed by atoms with Crippen molar-refractivity contribution >= 4 is 0 Å². The molecular weight excluding hydrogens is 265 g/mol. The van der Waals surface area contributed by atoms with Crippen LogP contribution in [0.15, 0.2) is 24.3 Å². The van der Waals surface area contributed by atoms with Crippen molar-refractivity contribution in [3.05, 3.63) is 35.4 Å². The fourth-order valence-electron chi connectivity index (χ4n) is 2.39. The molecule has 2 nitrogen and oxygen atoms in total. The van der Waals surface area contributed by atoms with Crippen molar-refractivity contribution in [1.29, 1.82) is 0 Å². The van der Waals surface area contributed by atoms with Crippen LogP contribution in [0.2, 0.25) is 0 Å². The summed E-state index contributed by atoms with van der Waals surface area (Å²) in [5.41, 5.74) is 6.05. The van der Waals surface area contributed by atoms with E-state index in [1.165, 1.54) is 12.1 Å². The molecule has 1 rings (SSSR count). The van der Waals surface area contributed by atoms with Crippen LogP contribution in [0.25, 0.3) is 0 Å². The number of halogens is 3. The highest BCUT2D eigenvalue weighted by atomic mass is 19.4. The van der Waals surface area contributed by atoms with Crippen LogP contribution < -0.4 is 5.73 Å². The van der Waals surface area contributed by atoms with E-state index in [9.17, 15) is 13.2 Å². The molecule has 5 heteroatoms. The van der Waals surface area contributed by atoms with Crippen molar-refractivity contribution in [3.63, 3.8) is 0 Å². The first kappa shape index (κ1) is 17.0. The van der Waals surface area contributed by atoms with Gasteiger partial charge in [0.1, 0.15) is 0 Å². The molecule has 0 radical (unpaired) electrons. The van der Waals surface area contributed by atoms with Gasteiger partial charge < -0.3 is 5.73 Å². The van der Waals surface area contributed by atoms with Gasteiger partial charge in [-0.2, -0.15) is 13.2 Å². The Labute approximate surface area is 118 Å². The van der Waals surface area contributed by atoms with Crippen molar-refractivity contribution in [2.45, 2.75) is 45.5 Å². The maximum absolute atomic E-state index is 12.6. The number of nitrogens with zero attached hydrogens (tertiary/aromatic N) is 1. The Morgan fingerprint density at radius 1 is 1.15 bits per heavy atom. The number of rotatable bonds is 6. The van der Waals surface area contributed by atoms with E-state index >= 15 is 0 Å². The summed E-state index contributed by atoms with van der Waals surface area (Å²) in [4.78, 5) is 2.22. The van der Waals surface area contributed by atoms with E-state index in [1.54, 1.807) is 0 Å². The Bertz CT molecular complexity index is 399. The Kier molecular flexibility index (Phi) is 6.02. The van der Waals surface area contributed by atoms with Gasteiger partial charge in [-0.3, -0.25) is 4.90 Å². The van der Waals surface area contributed by atoms with E-state index in [1.807, 2.05) is 0 Å². The first-order valence-electron chi connectivity index (χ1n) is 6.94. The average molecular weight is 288 g/mol. The molecule has 0 spiro atoms. The first-order valence-corrected chi connectivity index (χ1v) is 6.94. The molecule has 0 aliphatic rings. The highest BCUT2D eigenvalue weighted by Gasteiger charge is 2.30. The molecule has 0 amide bonds. The molecule has 0 saturated heterocycles. The molecule has 0 saturated carbocycles. The fraction of sp³-hybridized carbons (Fsp3) is 0.600. The minimum atomic E-state index is -4.29. The van der Waals surface area contributed by atoms with Crippen LogP contribution >= 0.6 is 0 Å². The summed E-state index contributed by atoms with van der Waals surface area (Å²) < 4.78 is 37.7. The average Bonchev–Trinajstić information content (AvgIpc) is 2.38. The van der Waals surface area contributed by atoms with Gasteiger partial charge in [0.2, 0.25) is 0 Å². The lowest BCUT2D eigenvalue weighted by atomic mass is 10.0. The third-order valence-electron chi connectivity index (χ3n) is 3.39. The zero-order valence-electron chi connectivity index (χ0n) is 12.2. The highest BCUT2D eigenvalue weighted by Crippen LogP contribution is 2.31. The van der Waals surface area contributed by atoms with Crippen molar-refractivity contribution in [1.82, 2.24) is 4.90 Å². The molecule has 0 heterocycles. The zero-order chi connectivity index (χ0) is 15.3. The van der Waals surface area contributed by atoms with Crippen LogP contribution in [0.3, 0.4) is 0 Å². The highest BCUT2D eigenvalue weighted by molar-refractivity contribution is 5.27. The monoisotopic (exact) mass is 288 g/mol. The number of hydrogen-bond acceptors (Lipinski definition) is 2. The Morgan fingerprint density at radius 2 is 1.70 bits per heavy atom. The van der Waals surface area contributed by atoms with Gasteiger partial charge in [-0.25, -0.2) is 0 Å². The second-order valence-electron chi connectivity index (χ2n) is 5.20. The van der Waals surface area contributed by atoms with E-state index in [2.05, 4.69) is 25.7 Å². The number of benzene rings is 1. The molecule has 1 aromatic rings. The molecule has 0 aliphatic carbocycles. The minimum absolute atomic E-state index is 0.0442. The predicted molar refractivity (Wildman–Crippen MR) is 75.4 cm³/mol. The molecule has 0 fully saturated rings. The van der Waals surface area contributed by atoms with Crippen molar-refractivity contribution < 1.29 is 13.2 Å². The SMILES string of the molecule is CCCN(C(C)C)C(CN)c1ccc(C(F)(F)F)cc1. The molecule has 20 heavy (non-hydrogen) atoms. The van der Waals surface area contributed by atoms with Crippen LogP contribution in [0.4, 0.5) is 13.2 Å². The molecular formula is C15H23F3N2. The van der Waals surface area contributed by atoms with E-state index in [0.29, 0.717) is 12.6 Å². The summed E-state index contributed by atoms with van der Waals surface area (Å²) in [6.45, 7) is 7.49. The van der Waals surface area contributed by atoms with Crippen molar-refractivity contribution in [3.8, 4) is 0 Å². The topological polar surface area (TPSA) is 29.3 Å². The van der Waals surface area contributed by atoms with E-state index < -0.39 is 11.7 Å². The molecule has 0 aliphatic heterocycles. The maximum Gasteiger partial charge on any atom is 0.416 e. The molecule has 0 bridgehead atoms. The number of alkyl halides is 3. The van der Waals surface area contributed by atoms with Gasteiger partial charge in [0.05, 0.1) is 5.56 Å². The number of nitrogens with two attached hydrogens (primary N) is 1. The van der Waals surface area contributed by atoms with Gasteiger partial charge >= 0.3 is 6.18 Å². The second-order valence-corrected chi connectivity index (χ2v) is 5.20. The smallest absolute Gasteiger partial charge is 0.329 e. The van der Waals surface area contributed by atoms with Crippen LogP contribution in [-0.4, -0.2) is 24.0 Å². The largest absolute Gasteiger partial charge is 0.416 e. The summed E-state index contributed by atoms with van der Waals surface area (Å²) in [7, 11) is 0. The Balaban J connectivity index is 3.00. The fourth-order valence-corrected chi connectivity index (χ4v) is 2.39. The first-order chi connectivity index (χ1) is 9.31. The van der Waals surface area contributed by atoms with Gasteiger partial charge in [-0.05, 0) is 44.5 Å². The van der Waals surface area contributed by atoms with Crippen LogP contribution in [0.1, 0.15) is 44.4 Å². The third kappa shape index (κ3) is 4.21. The van der Waals surface area contributed by atoms with Gasteiger partial charge in [-0.1, -0.05) is 19.1 Å². The Hall–Kier alpha value is -1.07. The van der Waals surface area contributed by atoms with Crippen LogP contribution in [-0.2, 0) is 6.18 Å². The maximum atomic E-state index is 12.6. The van der Waals surface area contributed by atoms with Crippen LogP contribution in [0.5, 0.6) is 0 Å². The normalized spacial score (nSPS) is 14.1. The summed E-state index contributed by atoms with van der Waals surface area (Å²) in [6, 6.07) is 5.57. The summed E-state index contributed by atoms with van der Waals surface area (Å²) in [5, 5.41) is 0. The van der Waals surface area contributed by atoms with Gasteiger partial charge in [-0.15, -0.1) is 0 Å². The summed E-state index contributed by atoms with van der Waals surface area (Å²) in [6.07, 6.45) is -3.31. The van der Waals surface area contributed by atoms with Crippen molar-refractivity contribution in [2.75, 3.05) is 13.1 Å². The molecule has 2 N–H and O–H groups in total. The minimum Gasteiger partial charge on any atom is -0.329 e. The van der Waals surface area contributed by atoms with E-state index in [4.69, 9.17) is 5.73 Å². The third-order valence-corrected chi connectivity index (χ3v) is 3.39. The predicted octanol–water partition coefficient (Wildman–Crippen LogP) is 3.83. The molecule has 0 aromatic heterocycles. The standard InChI is InChI=1S/C15H23F3N2/c1-4-9-20(11(2)3)14(10-19)12-5-7-13(8-6-12)15(16,17)18/h5-8,11,14H,4,9-10,19H2,1-3H3. The molecule has 114 valence electrons. The lowest BCUT2D eigenvalue weighted by Crippen LogP contribution is -2.39. The second kappa shape index (κ2) is 7.09. The molecule has 1 aromatic carbocycles. The zero-order valence-corrected chi connectivity index (χ0v) is 12.2. The van der Waals surface area contributed by atoms with Gasteiger partial charge in [0.15, 0.2) is 0 Å². The van der Waals surface area contributed by atoms with Crippen LogP contribution in [0, 0.1) is 0 Å². The molecule has 1 unspecified atom stereocenters. The van der Waals surface area contributed by atoms with E-state index in [-0.39, 0.29) is 6.04 Å². The molecule has 1 atom stereocenters. The lowest BCUT2D eigenvalue weighted by Gasteiger charge is -2.34. The number of hydrogen-bond donors (Lipinski definition) is 1. The summed E-state index contributed by atoms with van der Waals surface area (Å²) in [5.74, 6) is 0.